The molecule has 1 aliphatic rings. The van der Waals surface area contributed by atoms with Crippen LogP contribution in [0.4, 0.5) is 0 Å². The Balaban J connectivity index is 2.20. The van der Waals surface area contributed by atoms with Crippen LogP contribution in [0.2, 0.25) is 0 Å². The Kier molecular flexibility index (Phi) is 4.75. The SMILES string of the molecule is COc1cccc(/C=C(\C#N)C(=O)N2CCOCC2)c1. The van der Waals surface area contributed by atoms with E-state index in [-0.39, 0.29) is 11.5 Å². The van der Waals surface area contributed by atoms with Crippen molar-refractivity contribution >= 4 is 12.0 Å². The van der Waals surface area contributed by atoms with Crippen LogP contribution in [0.5, 0.6) is 5.75 Å². The molecule has 0 aromatic heterocycles. The monoisotopic (exact) mass is 272 g/mol. The molecule has 0 spiro atoms. The molecule has 104 valence electrons. The molecule has 1 aromatic carbocycles. The average molecular weight is 272 g/mol. The summed E-state index contributed by atoms with van der Waals surface area (Å²) in [6.07, 6.45) is 1.58. The van der Waals surface area contributed by atoms with E-state index in [4.69, 9.17) is 9.47 Å². The van der Waals surface area contributed by atoms with Crippen LogP contribution in [0, 0.1) is 11.3 Å². The molecule has 0 radical (unpaired) electrons. The zero-order valence-corrected chi connectivity index (χ0v) is 11.3. The third-order valence-electron chi connectivity index (χ3n) is 3.05. The first-order valence-electron chi connectivity index (χ1n) is 6.37. The first-order valence-corrected chi connectivity index (χ1v) is 6.37. The van der Waals surface area contributed by atoms with Crippen LogP contribution in [-0.2, 0) is 9.53 Å². The van der Waals surface area contributed by atoms with E-state index in [0.717, 1.165) is 5.56 Å². The molecular weight excluding hydrogens is 256 g/mol. The van der Waals surface area contributed by atoms with E-state index in [2.05, 4.69) is 0 Å². The van der Waals surface area contributed by atoms with Gasteiger partial charge in [-0.1, -0.05) is 12.1 Å². The molecule has 0 atom stereocenters. The molecule has 1 amide bonds. The molecule has 1 heterocycles. The summed E-state index contributed by atoms with van der Waals surface area (Å²) < 4.78 is 10.3. The van der Waals surface area contributed by atoms with Crippen molar-refractivity contribution in [2.45, 2.75) is 0 Å². The van der Waals surface area contributed by atoms with E-state index in [1.54, 1.807) is 24.2 Å². The molecule has 1 fully saturated rings. The van der Waals surface area contributed by atoms with Gasteiger partial charge in [-0.25, -0.2) is 0 Å². The molecule has 0 N–H and O–H groups in total. The number of benzene rings is 1. The highest BCUT2D eigenvalue weighted by Gasteiger charge is 2.20. The van der Waals surface area contributed by atoms with Crippen LogP contribution in [-0.4, -0.2) is 44.2 Å². The largest absolute Gasteiger partial charge is 0.497 e. The standard InChI is InChI=1S/C15H16N2O3/c1-19-14-4-2-3-12(10-14)9-13(11-16)15(18)17-5-7-20-8-6-17/h2-4,9-10H,5-8H2,1H3/b13-9+. The van der Waals surface area contributed by atoms with E-state index < -0.39 is 0 Å². The second kappa shape index (κ2) is 6.73. The lowest BCUT2D eigenvalue weighted by atomic mass is 10.1. The van der Waals surface area contributed by atoms with Crippen molar-refractivity contribution in [1.82, 2.24) is 4.90 Å². The van der Waals surface area contributed by atoms with E-state index in [9.17, 15) is 10.1 Å². The van der Waals surface area contributed by atoms with E-state index in [0.29, 0.717) is 32.1 Å². The van der Waals surface area contributed by atoms with Gasteiger partial charge in [0, 0.05) is 13.1 Å². The summed E-state index contributed by atoms with van der Waals surface area (Å²) >= 11 is 0. The van der Waals surface area contributed by atoms with Gasteiger partial charge in [-0.15, -0.1) is 0 Å². The number of methoxy groups -OCH3 is 1. The molecule has 1 aliphatic heterocycles. The number of hydrogen-bond donors (Lipinski definition) is 0. The summed E-state index contributed by atoms with van der Waals surface area (Å²) in [5.41, 5.74) is 0.891. The number of ether oxygens (including phenoxy) is 2. The van der Waals surface area contributed by atoms with Crippen LogP contribution in [0.25, 0.3) is 6.08 Å². The lowest BCUT2D eigenvalue weighted by Crippen LogP contribution is -2.41. The van der Waals surface area contributed by atoms with Gasteiger partial charge in [-0.2, -0.15) is 5.26 Å². The Labute approximate surface area is 118 Å². The first-order chi connectivity index (χ1) is 9.74. The molecule has 1 aromatic rings. The van der Waals surface area contributed by atoms with Crippen molar-refractivity contribution in [1.29, 1.82) is 5.26 Å². The quantitative estimate of drug-likeness (QED) is 0.617. The van der Waals surface area contributed by atoms with Gasteiger partial charge in [0.15, 0.2) is 0 Å². The van der Waals surface area contributed by atoms with Crippen LogP contribution >= 0.6 is 0 Å². The average Bonchev–Trinajstić information content (AvgIpc) is 2.53. The maximum atomic E-state index is 12.2. The summed E-state index contributed by atoms with van der Waals surface area (Å²) in [5, 5.41) is 9.19. The first kappa shape index (κ1) is 14.1. The highest BCUT2D eigenvalue weighted by molar-refractivity contribution is 6.01. The third kappa shape index (κ3) is 3.37. The second-order valence-electron chi connectivity index (χ2n) is 4.35. The van der Waals surface area contributed by atoms with Crippen molar-refractivity contribution in [3.63, 3.8) is 0 Å². The van der Waals surface area contributed by atoms with Crippen LogP contribution < -0.4 is 4.74 Å². The molecular formula is C15H16N2O3. The number of carbonyl (C=O) groups excluding carboxylic acids is 1. The maximum Gasteiger partial charge on any atom is 0.264 e. The van der Waals surface area contributed by atoms with E-state index >= 15 is 0 Å². The Morgan fingerprint density at radius 2 is 2.20 bits per heavy atom. The minimum absolute atomic E-state index is 0.125. The highest BCUT2D eigenvalue weighted by atomic mass is 16.5. The van der Waals surface area contributed by atoms with Crippen molar-refractivity contribution in [2.75, 3.05) is 33.4 Å². The zero-order chi connectivity index (χ0) is 14.4. The summed E-state index contributed by atoms with van der Waals surface area (Å²) in [6.45, 7) is 2.08. The Morgan fingerprint density at radius 1 is 1.45 bits per heavy atom. The van der Waals surface area contributed by atoms with Gasteiger partial charge in [0.05, 0.1) is 20.3 Å². The molecule has 0 bridgehead atoms. The molecule has 0 unspecified atom stereocenters. The molecule has 2 rings (SSSR count). The van der Waals surface area contributed by atoms with Crippen molar-refractivity contribution in [3.8, 4) is 11.8 Å². The number of nitriles is 1. The molecule has 0 aliphatic carbocycles. The number of morpholine rings is 1. The molecule has 1 saturated heterocycles. The van der Waals surface area contributed by atoms with Crippen molar-refractivity contribution in [2.24, 2.45) is 0 Å². The Hall–Kier alpha value is -2.32. The Bertz CT molecular complexity index is 554. The number of nitrogens with zero attached hydrogens (tertiary/aromatic N) is 2. The predicted molar refractivity (Wildman–Crippen MR) is 74.0 cm³/mol. The lowest BCUT2D eigenvalue weighted by Gasteiger charge is -2.26. The van der Waals surface area contributed by atoms with Gasteiger partial charge in [0.2, 0.25) is 0 Å². The molecule has 0 saturated carbocycles. The molecule has 5 nitrogen and oxygen atoms in total. The fraction of sp³-hybridized carbons (Fsp3) is 0.333. The number of hydrogen-bond acceptors (Lipinski definition) is 4. The second-order valence-corrected chi connectivity index (χ2v) is 4.35. The van der Waals surface area contributed by atoms with Crippen LogP contribution in [0.15, 0.2) is 29.8 Å². The van der Waals surface area contributed by atoms with Crippen LogP contribution in [0.3, 0.4) is 0 Å². The highest BCUT2D eigenvalue weighted by Crippen LogP contribution is 2.16. The zero-order valence-electron chi connectivity index (χ0n) is 11.3. The van der Waals surface area contributed by atoms with Crippen LogP contribution in [0.1, 0.15) is 5.56 Å². The fourth-order valence-corrected chi connectivity index (χ4v) is 1.98. The summed E-state index contributed by atoms with van der Waals surface area (Å²) in [6, 6.07) is 9.21. The van der Waals surface area contributed by atoms with Gasteiger partial charge in [-0.05, 0) is 23.8 Å². The summed E-state index contributed by atoms with van der Waals surface area (Å²) in [5.74, 6) is 0.438. The van der Waals surface area contributed by atoms with Crippen molar-refractivity contribution < 1.29 is 14.3 Å². The van der Waals surface area contributed by atoms with E-state index in [1.165, 1.54) is 0 Å². The van der Waals surface area contributed by atoms with E-state index in [1.807, 2.05) is 24.3 Å². The van der Waals surface area contributed by atoms with Crippen molar-refractivity contribution in [3.05, 3.63) is 35.4 Å². The number of rotatable bonds is 3. The number of carbonyl (C=O) groups is 1. The van der Waals surface area contributed by atoms with Gasteiger partial charge in [0.25, 0.3) is 5.91 Å². The van der Waals surface area contributed by atoms with Gasteiger partial charge in [-0.3, -0.25) is 4.79 Å². The topological polar surface area (TPSA) is 62.6 Å². The smallest absolute Gasteiger partial charge is 0.264 e. The lowest BCUT2D eigenvalue weighted by molar-refractivity contribution is -0.130. The van der Waals surface area contributed by atoms with Gasteiger partial charge < -0.3 is 14.4 Å². The Morgan fingerprint density at radius 3 is 2.85 bits per heavy atom. The normalized spacial score (nSPS) is 15.6. The van der Waals surface area contributed by atoms with Gasteiger partial charge in [0.1, 0.15) is 17.4 Å². The molecule has 20 heavy (non-hydrogen) atoms. The van der Waals surface area contributed by atoms with Gasteiger partial charge >= 0.3 is 0 Å². The predicted octanol–water partition coefficient (Wildman–Crippen LogP) is 1.46. The minimum atomic E-state index is -0.251. The summed E-state index contributed by atoms with van der Waals surface area (Å²) in [4.78, 5) is 13.9. The number of amides is 1. The fourth-order valence-electron chi connectivity index (χ4n) is 1.98. The maximum absolute atomic E-state index is 12.2. The third-order valence-corrected chi connectivity index (χ3v) is 3.05. The summed E-state index contributed by atoms with van der Waals surface area (Å²) in [7, 11) is 1.58. The molecule has 5 heteroatoms. The minimum Gasteiger partial charge on any atom is -0.497 e.